The first kappa shape index (κ1) is 23.0. The first-order chi connectivity index (χ1) is 15.6. The van der Waals surface area contributed by atoms with Crippen LogP contribution in [-0.4, -0.2) is 30.3 Å². The standard InChI is InChI=1S/C28H33NO4/c1-16-17(2)26-24(19(4)25(16)30)11-12-28(5,33-26)15-29-27(31)18(3)20-7-8-22-14-23(32-6)10-9-21(22)13-20/h7-10,13-14,18,30H,11-12,15H2,1-6H3,(H,29,31)/t18-,28?/m0/s1. The van der Waals surface area contributed by atoms with E-state index in [0.717, 1.165) is 62.9 Å². The van der Waals surface area contributed by atoms with Crippen LogP contribution in [-0.2, 0) is 11.2 Å². The molecule has 0 fully saturated rings. The van der Waals surface area contributed by atoms with Gasteiger partial charge in [0, 0.05) is 5.56 Å². The molecular weight excluding hydrogens is 414 g/mol. The second-order valence-corrected chi connectivity index (χ2v) is 9.50. The number of rotatable bonds is 5. The number of phenolic OH excluding ortho intramolecular Hbond substituents is 1. The number of hydrogen-bond acceptors (Lipinski definition) is 4. The molecule has 4 rings (SSSR count). The minimum Gasteiger partial charge on any atom is -0.507 e. The molecule has 1 heterocycles. The summed E-state index contributed by atoms with van der Waals surface area (Å²) in [6.45, 7) is 10.2. The summed E-state index contributed by atoms with van der Waals surface area (Å²) in [5, 5.41) is 15.7. The van der Waals surface area contributed by atoms with Gasteiger partial charge in [0.05, 0.1) is 19.6 Å². The Morgan fingerprint density at radius 3 is 2.55 bits per heavy atom. The van der Waals surface area contributed by atoms with Gasteiger partial charge in [0.25, 0.3) is 0 Å². The number of hydrogen-bond donors (Lipinski definition) is 2. The van der Waals surface area contributed by atoms with E-state index in [9.17, 15) is 9.90 Å². The molecule has 3 aromatic carbocycles. The molecule has 33 heavy (non-hydrogen) atoms. The molecule has 5 heteroatoms. The molecule has 3 aromatic rings. The van der Waals surface area contributed by atoms with Gasteiger partial charge >= 0.3 is 0 Å². The van der Waals surface area contributed by atoms with Crippen molar-refractivity contribution < 1.29 is 19.4 Å². The molecule has 5 nitrogen and oxygen atoms in total. The number of aromatic hydroxyl groups is 1. The molecule has 1 aliphatic heterocycles. The minimum atomic E-state index is -0.497. The molecule has 1 aliphatic rings. The second kappa shape index (κ2) is 8.62. The summed E-state index contributed by atoms with van der Waals surface area (Å²) in [6, 6.07) is 12.0. The smallest absolute Gasteiger partial charge is 0.227 e. The molecule has 0 bridgehead atoms. The lowest BCUT2D eigenvalue weighted by Gasteiger charge is -2.38. The van der Waals surface area contributed by atoms with E-state index in [-0.39, 0.29) is 11.8 Å². The normalized spacial score (nSPS) is 18.4. The summed E-state index contributed by atoms with van der Waals surface area (Å²) >= 11 is 0. The number of ether oxygens (including phenoxy) is 2. The van der Waals surface area contributed by atoms with Gasteiger partial charge in [-0.2, -0.15) is 0 Å². The van der Waals surface area contributed by atoms with Gasteiger partial charge in [-0.05, 0) is 92.6 Å². The van der Waals surface area contributed by atoms with Crippen molar-refractivity contribution in [2.75, 3.05) is 13.7 Å². The van der Waals surface area contributed by atoms with Crippen molar-refractivity contribution >= 4 is 16.7 Å². The molecule has 0 radical (unpaired) electrons. The summed E-state index contributed by atoms with van der Waals surface area (Å²) in [5.74, 6) is 1.73. The fraction of sp³-hybridized carbons (Fsp3) is 0.393. The van der Waals surface area contributed by atoms with Crippen LogP contribution >= 0.6 is 0 Å². The van der Waals surface area contributed by atoms with E-state index in [1.165, 1.54) is 0 Å². The van der Waals surface area contributed by atoms with Crippen LogP contribution in [0, 0.1) is 20.8 Å². The molecule has 0 aliphatic carbocycles. The maximum absolute atomic E-state index is 13.0. The van der Waals surface area contributed by atoms with Crippen molar-refractivity contribution in [3.05, 3.63) is 64.2 Å². The molecule has 2 N–H and O–H groups in total. The molecule has 1 unspecified atom stereocenters. The highest BCUT2D eigenvalue weighted by Gasteiger charge is 2.35. The van der Waals surface area contributed by atoms with Crippen molar-refractivity contribution in [1.82, 2.24) is 5.32 Å². The van der Waals surface area contributed by atoms with Crippen LogP contribution in [0.3, 0.4) is 0 Å². The van der Waals surface area contributed by atoms with E-state index in [1.807, 2.05) is 65.0 Å². The molecular formula is C28H33NO4. The lowest BCUT2D eigenvalue weighted by Crippen LogP contribution is -2.48. The molecule has 0 saturated heterocycles. The zero-order valence-electron chi connectivity index (χ0n) is 20.3. The third-order valence-corrected chi connectivity index (χ3v) is 7.19. The first-order valence-electron chi connectivity index (χ1n) is 11.5. The van der Waals surface area contributed by atoms with Crippen LogP contribution in [0.5, 0.6) is 17.2 Å². The van der Waals surface area contributed by atoms with Crippen LogP contribution in [0.1, 0.15) is 54.0 Å². The number of carbonyl (C=O) groups excluding carboxylic acids is 1. The monoisotopic (exact) mass is 447 g/mol. The molecule has 1 amide bonds. The average molecular weight is 448 g/mol. The number of fused-ring (bicyclic) bond motifs is 2. The summed E-state index contributed by atoms with van der Waals surface area (Å²) in [4.78, 5) is 13.0. The first-order valence-corrected chi connectivity index (χ1v) is 11.5. The van der Waals surface area contributed by atoms with E-state index >= 15 is 0 Å². The van der Waals surface area contributed by atoms with Gasteiger partial charge in [-0.25, -0.2) is 0 Å². The fourth-order valence-corrected chi connectivity index (χ4v) is 4.64. The summed E-state index contributed by atoms with van der Waals surface area (Å²) in [5.41, 5.74) is 4.25. The van der Waals surface area contributed by atoms with Crippen molar-refractivity contribution in [3.63, 3.8) is 0 Å². The topological polar surface area (TPSA) is 67.8 Å². The Bertz CT molecular complexity index is 1230. The third kappa shape index (κ3) is 4.24. The van der Waals surface area contributed by atoms with Crippen molar-refractivity contribution in [2.45, 2.75) is 59.0 Å². The summed E-state index contributed by atoms with van der Waals surface area (Å²) in [6.07, 6.45) is 1.58. The third-order valence-electron chi connectivity index (χ3n) is 7.19. The van der Waals surface area contributed by atoms with Crippen molar-refractivity contribution in [1.29, 1.82) is 0 Å². The maximum Gasteiger partial charge on any atom is 0.227 e. The lowest BCUT2D eigenvalue weighted by molar-refractivity contribution is -0.123. The number of methoxy groups -OCH3 is 1. The average Bonchev–Trinajstić information content (AvgIpc) is 2.83. The van der Waals surface area contributed by atoms with Crippen molar-refractivity contribution in [3.8, 4) is 17.2 Å². The van der Waals surface area contributed by atoms with Crippen LogP contribution in [0.15, 0.2) is 36.4 Å². The highest BCUT2D eigenvalue weighted by atomic mass is 16.5. The van der Waals surface area contributed by atoms with Crippen molar-refractivity contribution in [2.24, 2.45) is 0 Å². The maximum atomic E-state index is 13.0. The highest BCUT2D eigenvalue weighted by Crippen LogP contribution is 2.43. The van der Waals surface area contributed by atoms with Gasteiger partial charge in [-0.3, -0.25) is 4.79 Å². The zero-order chi connectivity index (χ0) is 23.9. The van der Waals surface area contributed by atoms with Gasteiger partial charge < -0.3 is 19.9 Å². The van der Waals surface area contributed by atoms with Gasteiger partial charge in [-0.15, -0.1) is 0 Å². The van der Waals surface area contributed by atoms with E-state index in [4.69, 9.17) is 9.47 Å². The van der Waals surface area contributed by atoms with Gasteiger partial charge in [0.1, 0.15) is 22.8 Å². The summed E-state index contributed by atoms with van der Waals surface area (Å²) < 4.78 is 11.7. The zero-order valence-corrected chi connectivity index (χ0v) is 20.3. The number of benzene rings is 3. The van der Waals surface area contributed by atoms with E-state index in [1.54, 1.807) is 7.11 Å². The molecule has 0 spiro atoms. The molecule has 174 valence electrons. The molecule has 0 saturated carbocycles. The SMILES string of the molecule is COc1ccc2cc([C@H](C)C(=O)NCC3(C)CCc4c(C)c(O)c(C)c(C)c4O3)ccc2c1. The lowest BCUT2D eigenvalue weighted by atomic mass is 9.87. The Morgan fingerprint density at radius 2 is 1.82 bits per heavy atom. The Hall–Kier alpha value is -3.21. The number of phenols is 1. The molecule has 2 atom stereocenters. The highest BCUT2D eigenvalue weighted by molar-refractivity contribution is 5.88. The molecule has 0 aromatic heterocycles. The number of carbonyl (C=O) groups is 1. The largest absolute Gasteiger partial charge is 0.507 e. The Morgan fingerprint density at radius 1 is 1.12 bits per heavy atom. The quantitative estimate of drug-likeness (QED) is 0.543. The van der Waals surface area contributed by atoms with Crippen LogP contribution < -0.4 is 14.8 Å². The van der Waals surface area contributed by atoms with Crippen LogP contribution in [0.2, 0.25) is 0 Å². The van der Waals surface area contributed by atoms with Crippen LogP contribution in [0.4, 0.5) is 0 Å². The second-order valence-electron chi connectivity index (χ2n) is 9.50. The van der Waals surface area contributed by atoms with Gasteiger partial charge in [0.15, 0.2) is 0 Å². The predicted molar refractivity (Wildman–Crippen MR) is 132 cm³/mol. The van der Waals surface area contributed by atoms with E-state index in [0.29, 0.717) is 12.3 Å². The van der Waals surface area contributed by atoms with Gasteiger partial charge in [0.2, 0.25) is 5.91 Å². The van der Waals surface area contributed by atoms with E-state index < -0.39 is 5.60 Å². The number of amides is 1. The Balaban J connectivity index is 1.47. The van der Waals surface area contributed by atoms with Crippen LogP contribution in [0.25, 0.3) is 10.8 Å². The van der Waals surface area contributed by atoms with Gasteiger partial charge in [-0.1, -0.05) is 24.3 Å². The Labute approximate surface area is 195 Å². The predicted octanol–water partition coefficient (Wildman–Crippen LogP) is 5.48. The fourth-order valence-electron chi connectivity index (χ4n) is 4.64. The summed E-state index contributed by atoms with van der Waals surface area (Å²) in [7, 11) is 1.66. The van der Waals surface area contributed by atoms with E-state index in [2.05, 4.69) is 11.4 Å². The number of nitrogens with one attached hydrogen (secondary N) is 1. The minimum absolute atomic E-state index is 0.0201. The Kier molecular flexibility index (Phi) is 6.00.